The predicted octanol–water partition coefficient (Wildman–Crippen LogP) is 1.57. The summed E-state index contributed by atoms with van der Waals surface area (Å²) >= 11 is 0. The summed E-state index contributed by atoms with van der Waals surface area (Å²) in [6.45, 7) is 6.31. The number of sulfonamides is 1. The van der Waals surface area contributed by atoms with E-state index in [1.165, 1.54) is 19.1 Å². The molecular formula is C18H25N3O5S. The first-order valence-corrected chi connectivity index (χ1v) is 10.9. The highest BCUT2D eigenvalue weighted by molar-refractivity contribution is 7.90. The van der Waals surface area contributed by atoms with Gasteiger partial charge in [0.1, 0.15) is 6.61 Å². The van der Waals surface area contributed by atoms with Gasteiger partial charge in [-0.3, -0.25) is 4.90 Å². The van der Waals surface area contributed by atoms with E-state index < -0.39 is 15.6 Å². The molecule has 3 aliphatic heterocycles. The van der Waals surface area contributed by atoms with Crippen LogP contribution in [0.1, 0.15) is 31.2 Å². The van der Waals surface area contributed by atoms with E-state index >= 15 is 0 Å². The average molecular weight is 395 g/mol. The molecule has 0 bridgehead atoms. The molecule has 0 N–H and O–H groups in total. The summed E-state index contributed by atoms with van der Waals surface area (Å²) in [6, 6.07) is 1.54. The molecule has 4 heterocycles. The zero-order chi connectivity index (χ0) is 18.9. The number of hydrogen-bond donors (Lipinski definition) is 0. The molecule has 27 heavy (non-hydrogen) atoms. The van der Waals surface area contributed by atoms with Gasteiger partial charge >= 0.3 is 0 Å². The predicted molar refractivity (Wildman–Crippen MR) is 99.2 cm³/mol. The van der Waals surface area contributed by atoms with Crippen molar-refractivity contribution in [3.8, 4) is 11.8 Å². The minimum Gasteiger partial charge on any atom is -0.476 e. The standard InChI is InChI=1S/C18H25N3O5S/c1-14-12-15-17(20-16(14)25-11-8-21-6-2-3-7-21)26-18(4-9-24-10-5-18)13-19-27(15,22)23/h12-13H,2-11H2,1H3. The van der Waals surface area contributed by atoms with Crippen molar-refractivity contribution < 1.29 is 22.6 Å². The van der Waals surface area contributed by atoms with Crippen LogP contribution in [0.4, 0.5) is 0 Å². The quantitative estimate of drug-likeness (QED) is 0.764. The fraction of sp³-hybridized carbons (Fsp3) is 0.667. The van der Waals surface area contributed by atoms with Crippen LogP contribution < -0.4 is 9.47 Å². The fourth-order valence-corrected chi connectivity index (χ4v) is 4.70. The van der Waals surface area contributed by atoms with E-state index in [1.54, 1.807) is 13.0 Å². The first kappa shape index (κ1) is 18.6. The highest BCUT2D eigenvalue weighted by Crippen LogP contribution is 2.36. The summed E-state index contributed by atoms with van der Waals surface area (Å²) in [5.41, 5.74) is -0.147. The van der Waals surface area contributed by atoms with Gasteiger partial charge in [0.15, 0.2) is 10.5 Å². The largest absolute Gasteiger partial charge is 0.476 e. The van der Waals surface area contributed by atoms with Crippen molar-refractivity contribution in [3.05, 3.63) is 11.6 Å². The maximum Gasteiger partial charge on any atom is 0.287 e. The second-order valence-corrected chi connectivity index (χ2v) is 8.90. The minimum absolute atomic E-state index is 0.00786. The van der Waals surface area contributed by atoms with Crippen LogP contribution in [0.15, 0.2) is 15.4 Å². The number of aryl methyl sites for hydroxylation is 1. The molecule has 3 aliphatic rings. The van der Waals surface area contributed by atoms with Crippen LogP contribution in [0.25, 0.3) is 0 Å². The average Bonchev–Trinajstić information content (AvgIpc) is 3.13. The zero-order valence-corrected chi connectivity index (χ0v) is 16.3. The first-order valence-electron chi connectivity index (χ1n) is 9.43. The molecule has 0 atom stereocenters. The SMILES string of the molecule is Cc1cc2c(nc1OCCN1CCCC1)OC1(C=NS2(=O)=O)CCOCC1. The lowest BCUT2D eigenvalue weighted by atomic mass is 9.95. The summed E-state index contributed by atoms with van der Waals surface area (Å²) in [6.07, 6.45) is 4.93. The Kier molecular flexibility index (Phi) is 5.09. The van der Waals surface area contributed by atoms with Crippen molar-refractivity contribution in [1.29, 1.82) is 0 Å². The van der Waals surface area contributed by atoms with Gasteiger partial charge in [-0.25, -0.2) is 0 Å². The molecule has 0 saturated carbocycles. The van der Waals surface area contributed by atoms with Crippen LogP contribution in [-0.4, -0.2) is 69.6 Å². The zero-order valence-electron chi connectivity index (χ0n) is 15.5. The van der Waals surface area contributed by atoms with E-state index in [-0.39, 0.29) is 10.8 Å². The van der Waals surface area contributed by atoms with Crippen molar-refractivity contribution in [2.75, 3.05) is 39.5 Å². The molecular weight excluding hydrogens is 370 g/mol. The monoisotopic (exact) mass is 395 g/mol. The third-order valence-corrected chi connectivity index (χ3v) is 6.52. The van der Waals surface area contributed by atoms with E-state index in [2.05, 4.69) is 14.3 Å². The maximum atomic E-state index is 12.6. The van der Waals surface area contributed by atoms with E-state index in [0.717, 1.165) is 19.6 Å². The van der Waals surface area contributed by atoms with Crippen molar-refractivity contribution in [2.45, 2.75) is 43.1 Å². The Morgan fingerprint density at radius 2 is 2.00 bits per heavy atom. The molecule has 0 radical (unpaired) electrons. The van der Waals surface area contributed by atoms with Gasteiger partial charge in [0.05, 0.1) is 19.4 Å². The smallest absolute Gasteiger partial charge is 0.287 e. The molecule has 0 amide bonds. The molecule has 1 aromatic heterocycles. The summed E-state index contributed by atoms with van der Waals surface area (Å²) in [7, 11) is -3.85. The number of fused-ring (bicyclic) bond motifs is 1. The summed E-state index contributed by atoms with van der Waals surface area (Å²) in [5, 5.41) is 0. The van der Waals surface area contributed by atoms with Gasteiger partial charge in [0, 0.05) is 24.9 Å². The summed E-state index contributed by atoms with van der Waals surface area (Å²) < 4.78 is 46.3. The van der Waals surface area contributed by atoms with Gasteiger partial charge in [0.25, 0.3) is 10.0 Å². The maximum absolute atomic E-state index is 12.6. The van der Waals surface area contributed by atoms with Crippen molar-refractivity contribution in [2.24, 2.45) is 4.40 Å². The van der Waals surface area contributed by atoms with E-state index in [9.17, 15) is 8.42 Å². The van der Waals surface area contributed by atoms with Crippen molar-refractivity contribution >= 4 is 16.2 Å². The van der Waals surface area contributed by atoms with Gasteiger partial charge in [-0.2, -0.15) is 17.8 Å². The Morgan fingerprint density at radius 3 is 2.74 bits per heavy atom. The normalized spacial score (nSPS) is 23.6. The van der Waals surface area contributed by atoms with Crippen LogP contribution in [0.5, 0.6) is 11.8 Å². The molecule has 0 unspecified atom stereocenters. The van der Waals surface area contributed by atoms with Gasteiger partial charge < -0.3 is 14.2 Å². The molecule has 9 heteroatoms. The van der Waals surface area contributed by atoms with E-state index in [1.807, 2.05) is 0 Å². The summed E-state index contributed by atoms with van der Waals surface area (Å²) in [4.78, 5) is 6.76. The molecule has 0 aliphatic carbocycles. The topological polar surface area (TPSA) is 90.3 Å². The molecule has 148 valence electrons. The summed E-state index contributed by atoms with van der Waals surface area (Å²) in [5.74, 6) is 0.475. The highest BCUT2D eigenvalue weighted by Gasteiger charge is 2.39. The third kappa shape index (κ3) is 3.95. The van der Waals surface area contributed by atoms with Gasteiger partial charge in [-0.15, -0.1) is 0 Å². The Morgan fingerprint density at radius 1 is 1.26 bits per heavy atom. The Balaban J connectivity index is 1.58. The molecule has 8 nitrogen and oxygen atoms in total. The van der Waals surface area contributed by atoms with Crippen molar-refractivity contribution in [1.82, 2.24) is 9.88 Å². The number of rotatable bonds is 4. The lowest BCUT2D eigenvalue weighted by Crippen LogP contribution is -2.43. The van der Waals surface area contributed by atoms with Crippen LogP contribution in [-0.2, 0) is 14.8 Å². The fourth-order valence-electron chi connectivity index (χ4n) is 3.63. The lowest BCUT2D eigenvalue weighted by Gasteiger charge is -2.32. The van der Waals surface area contributed by atoms with E-state index in [4.69, 9.17) is 14.2 Å². The van der Waals surface area contributed by atoms with E-state index in [0.29, 0.717) is 44.1 Å². The van der Waals surface area contributed by atoms with Crippen LogP contribution in [0.3, 0.4) is 0 Å². The molecule has 1 spiro atoms. The third-order valence-electron chi connectivity index (χ3n) is 5.29. The minimum atomic E-state index is -3.85. The first-order chi connectivity index (χ1) is 13.0. The molecule has 1 aromatic rings. The molecule has 4 rings (SSSR count). The van der Waals surface area contributed by atoms with Gasteiger partial charge in [0.2, 0.25) is 11.8 Å². The van der Waals surface area contributed by atoms with Crippen molar-refractivity contribution in [3.63, 3.8) is 0 Å². The Bertz CT molecular complexity index is 828. The van der Waals surface area contributed by atoms with Crippen LogP contribution in [0.2, 0.25) is 0 Å². The van der Waals surface area contributed by atoms with Crippen LogP contribution >= 0.6 is 0 Å². The Hall–Kier alpha value is -1.71. The van der Waals surface area contributed by atoms with Gasteiger partial charge in [-0.1, -0.05) is 0 Å². The number of likely N-dealkylation sites (tertiary alicyclic amines) is 1. The Labute approximate surface area is 159 Å². The second kappa shape index (κ2) is 7.37. The van der Waals surface area contributed by atoms with Gasteiger partial charge in [-0.05, 0) is 38.9 Å². The molecule has 2 fully saturated rings. The van der Waals surface area contributed by atoms with Crippen LogP contribution in [0, 0.1) is 6.92 Å². The number of pyridine rings is 1. The second-order valence-electron chi connectivity index (χ2n) is 7.30. The highest BCUT2D eigenvalue weighted by atomic mass is 32.2. The number of aromatic nitrogens is 1. The lowest BCUT2D eigenvalue weighted by molar-refractivity contribution is -0.00612. The number of nitrogens with zero attached hydrogens (tertiary/aromatic N) is 3. The molecule has 2 saturated heterocycles. The molecule has 0 aromatic carbocycles. The number of ether oxygens (including phenoxy) is 3. The number of hydrogen-bond acceptors (Lipinski definition) is 7.